The maximum absolute atomic E-state index is 13.3. The van der Waals surface area contributed by atoms with Gasteiger partial charge in [0.15, 0.2) is 0 Å². The number of hydrogen-bond acceptors (Lipinski definition) is 5. The molecule has 0 aliphatic carbocycles. The van der Waals surface area contributed by atoms with Crippen LogP contribution in [0.4, 0.5) is 13.2 Å². The first-order chi connectivity index (χ1) is 16.3. The Hall–Kier alpha value is -3.66. The summed E-state index contributed by atoms with van der Waals surface area (Å²) in [4.78, 5) is 12.7. The van der Waals surface area contributed by atoms with Gasteiger partial charge in [-0.05, 0) is 30.7 Å². The Balaban J connectivity index is 0.00000158. The zero-order valence-electron chi connectivity index (χ0n) is 19.1. The van der Waals surface area contributed by atoms with E-state index in [9.17, 15) is 13.2 Å². The van der Waals surface area contributed by atoms with Gasteiger partial charge in [-0.3, -0.25) is 4.57 Å². The van der Waals surface area contributed by atoms with Crippen molar-refractivity contribution in [1.29, 1.82) is 0 Å². The molecular weight excluding hydrogens is 447 g/mol. The Morgan fingerprint density at radius 2 is 1.74 bits per heavy atom. The van der Waals surface area contributed by atoms with Crippen molar-refractivity contribution >= 4 is 0 Å². The Bertz CT molecular complexity index is 1200. The molecule has 0 radical (unpaired) electrons. The van der Waals surface area contributed by atoms with Crippen LogP contribution >= 0.6 is 0 Å². The SMILES string of the molecule is CC.Cc1cccc(C(F)(F)F)c1COc1ccc(-n2cnc(Cn3cnc(CO)c3)c2)nc1. The Labute approximate surface area is 195 Å². The number of ether oxygens (including phenoxy) is 1. The van der Waals surface area contributed by atoms with Crippen LogP contribution in [-0.2, 0) is 25.9 Å². The van der Waals surface area contributed by atoms with Gasteiger partial charge in [0.1, 0.15) is 24.5 Å². The first-order valence-corrected chi connectivity index (χ1v) is 10.7. The van der Waals surface area contributed by atoms with Crippen LogP contribution in [-0.4, -0.2) is 29.2 Å². The van der Waals surface area contributed by atoms with Crippen LogP contribution < -0.4 is 4.74 Å². The third-order valence-electron chi connectivity index (χ3n) is 4.91. The molecule has 0 amide bonds. The largest absolute Gasteiger partial charge is 0.487 e. The summed E-state index contributed by atoms with van der Waals surface area (Å²) in [6.45, 7) is 5.78. The lowest BCUT2D eigenvalue weighted by molar-refractivity contribution is -0.138. The van der Waals surface area contributed by atoms with Gasteiger partial charge in [0.05, 0.1) is 42.6 Å². The molecule has 0 saturated carbocycles. The number of aliphatic hydroxyl groups excluding tert-OH is 1. The van der Waals surface area contributed by atoms with Gasteiger partial charge in [0.25, 0.3) is 0 Å². The van der Waals surface area contributed by atoms with Crippen molar-refractivity contribution in [2.75, 3.05) is 0 Å². The van der Waals surface area contributed by atoms with E-state index in [1.807, 2.05) is 24.6 Å². The van der Waals surface area contributed by atoms with E-state index in [2.05, 4.69) is 15.0 Å². The number of nitrogens with zero attached hydrogens (tertiary/aromatic N) is 5. The molecule has 3 aromatic heterocycles. The number of benzene rings is 1. The van der Waals surface area contributed by atoms with Crippen LogP contribution in [0.2, 0.25) is 0 Å². The zero-order chi connectivity index (χ0) is 24.7. The molecule has 34 heavy (non-hydrogen) atoms. The quantitative estimate of drug-likeness (QED) is 0.412. The van der Waals surface area contributed by atoms with Crippen LogP contribution in [0.5, 0.6) is 5.75 Å². The van der Waals surface area contributed by atoms with Crippen molar-refractivity contribution in [2.45, 2.75) is 46.7 Å². The van der Waals surface area contributed by atoms with E-state index in [0.29, 0.717) is 29.4 Å². The molecule has 0 saturated heterocycles. The van der Waals surface area contributed by atoms with Crippen molar-refractivity contribution in [3.8, 4) is 11.6 Å². The van der Waals surface area contributed by atoms with E-state index in [0.717, 1.165) is 11.8 Å². The van der Waals surface area contributed by atoms with Crippen LogP contribution in [0.3, 0.4) is 0 Å². The number of halogens is 3. The van der Waals surface area contributed by atoms with Gasteiger partial charge in [-0.2, -0.15) is 13.2 Å². The molecular formula is C24H26F3N5O2. The molecule has 0 unspecified atom stereocenters. The van der Waals surface area contributed by atoms with Crippen LogP contribution in [0.15, 0.2) is 61.6 Å². The molecule has 0 atom stereocenters. The summed E-state index contributed by atoms with van der Waals surface area (Å²) in [5.41, 5.74) is 1.27. The van der Waals surface area contributed by atoms with Gasteiger partial charge >= 0.3 is 6.18 Å². The smallest absolute Gasteiger partial charge is 0.416 e. The molecule has 0 fully saturated rings. The fourth-order valence-electron chi connectivity index (χ4n) is 3.26. The molecule has 1 N–H and O–H groups in total. The second-order valence-corrected chi connectivity index (χ2v) is 7.21. The Morgan fingerprint density at radius 3 is 2.38 bits per heavy atom. The van der Waals surface area contributed by atoms with Crippen molar-refractivity contribution in [3.63, 3.8) is 0 Å². The van der Waals surface area contributed by atoms with Gasteiger partial charge in [-0.1, -0.05) is 26.0 Å². The normalized spacial score (nSPS) is 11.1. The highest BCUT2D eigenvalue weighted by molar-refractivity contribution is 5.37. The standard InChI is InChI=1S/C22H20F3N5O2.C2H6/c1-15-3-2-4-20(22(23,24)25)19(15)12-32-18-5-6-21(26-7-18)30-10-16(28-14-30)8-29-9-17(11-31)27-13-29;1-2/h2-7,9-10,13-14,31H,8,11-12H2,1H3;1-2H3. The molecule has 3 heterocycles. The third kappa shape index (κ3) is 6.02. The van der Waals surface area contributed by atoms with Gasteiger partial charge in [0, 0.05) is 18.0 Å². The minimum absolute atomic E-state index is 0.104. The topological polar surface area (TPSA) is 78.0 Å². The molecule has 180 valence electrons. The number of aryl methyl sites for hydroxylation is 1. The highest BCUT2D eigenvalue weighted by atomic mass is 19.4. The van der Waals surface area contributed by atoms with Gasteiger partial charge < -0.3 is 14.4 Å². The summed E-state index contributed by atoms with van der Waals surface area (Å²) in [5, 5.41) is 9.09. The summed E-state index contributed by atoms with van der Waals surface area (Å²) in [6, 6.07) is 7.41. The molecule has 0 aliphatic rings. The molecule has 1 aromatic carbocycles. The summed E-state index contributed by atoms with van der Waals surface area (Å²) >= 11 is 0. The zero-order valence-corrected chi connectivity index (χ0v) is 19.1. The summed E-state index contributed by atoms with van der Waals surface area (Å²) in [6.07, 6.45) is 3.80. The summed E-state index contributed by atoms with van der Waals surface area (Å²) in [5.74, 6) is 0.949. The van der Waals surface area contributed by atoms with E-state index in [-0.39, 0.29) is 18.8 Å². The molecule has 0 spiro atoms. The Morgan fingerprint density at radius 1 is 0.971 bits per heavy atom. The highest BCUT2D eigenvalue weighted by Crippen LogP contribution is 2.33. The number of hydrogen-bond donors (Lipinski definition) is 1. The second kappa shape index (κ2) is 11.0. The summed E-state index contributed by atoms with van der Waals surface area (Å²) in [7, 11) is 0. The maximum Gasteiger partial charge on any atom is 0.416 e. The molecule has 10 heteroatoms. The number of pyridine rings is 1. The number of imidazole rings is 2. The predicted octanol–water partition coefficient (Wildman–Crippen LogP) is 4.94. The van der Waals surface area contributed by atoms with Gasteiger partial charge in [0.2, 0.25) is 0 Å². The lowest BCUT2D eigenvalue weighted by atomic mass is 10.0. The lowest BCUT2D eigenvalue weighted by Gasteiger charge is -2.16. The molecule has 4 rings (SSSR count). The second-order valence-electron chi connectivity index (χ2n) is 7.21. The van der Waals surface area contributed by atoms with Crippen molar-refractivity contribution in [1.82, 2.24) is 24.1 Å². The average Bonchev–Trinajstić information content (AvgIpc) is 3.49. The summed E-state index contributed by atoms with van der Waals surface area (Å²) < 4.78 is 48.9. The predicted molar refractivity (Wildman–Crippen MR) is 120 cm³/mol. The lowest BCUT2D eigenvalue weighted by Crippen LogP contribution is -2.12. The number of aliphatic hydroxyl groups is 1. The molecule has 7 nitrogen and oxygen atoms in total. The molecule has 0 aliphatic heterocycles. The number of aromatic nitrogens is 5. The third-order valence-corrected chi connectivity index (χ3v) is 4.91. The number of rotatable bonds is 7. The first-order valence-electron chi connectivity index (χ1n) is 10.7. The van der Waals surface area contributed by atoms with E-state index in [4.69, 9.17) is 9.84 Å². The van der Waals surface area contributed by atoms with Gasteiger partial charge in [-0.15, -0.1) is 0 Å². The van der Waals surface area contributed by atoms with Crippen molar-refractivity contribution < 1.29 is 23.0 Å². The Kier molecular flexibility index (Phi) is 8.06. The highest BCUT2D eigenvalue weighted by Gasteiger charge is 2.33. The fourth-order valence-corrected chi connectivity index (χ4v) is 3.26. The average molecular weight is 473 g/mol. The van der Waals surface area contributed by atoms with Gasteiger partial charge in [-0.25, -0.2) is 15.0 Å². The van der Waals surface area contributed by atoms with E-state index >= 15 is 0 Å². The van der Waals surface area contributed by atoms with Crippen LogP contribution in [0.25, 0.3) is 5.82 Å². The number of alkyl halides is 3. The van der Waals surface area contributed by atoms with Crippen molar-refractivity contribution in [3.05, 3.63) is 89.7 Å². The molecule has 4 aromatic rings. The van der Waals surface area contributed by atoms with E-state index in [1.54, 1.807) is 48.5 Å². The maximum atomic E-state index is 13.3. The first kappa shape index (κ1) is 25.0. The minimum atomic E-state index is -4.44. The van der Waals surface area contributed by atoms with Crippen LogP contribution in [0.1, 0.15) is 41.9 Å². The van der Waals surface area contributed by atoms with Crippen LogP contribution in [0, 0.1) is 6.92 Å². The fraction of sp³-hybridized carbons (Fsp3) is 0.292. The monoisotopic (exact) mass is 473 g/mol. The van der Waals surface area contributed by atoms with E-state index in [1.165, 1.54) is 12.3 Å². The molecule has 0 bridgehead atoms. The van der Waals surface area contributed by atoms with E-state index < -0.39 is 11.7 Å². The minimum Gasteiger partial charge on any atom is -0.487 e. The van der Waals surface area contributed by atoms with Crippen molar-refractivity contribution in [2.24, 2.45) is 0 Å².